The van der Waals surface area contributed by atoms with Crippen LogP contribution in [0.15, 0.2) is 48.8 Å². The number of hydrogen-bond donors (Lipinski definition) is 0. The van der Waals surface area contributed by atoms with Crippen LogP contribution in [0.25, 0.3) is 10.9 Å². The van der Waals surface area contributed by atoms with Gasteiger partial charge in [-0.05, 0) is 56.2 Å². The van der Waals surface area contributed by atoms with Crippen LogP contribution in [-0.2, 0) is 11.8 Å². The highest BCUT2D eigenvalue weighted by Crippen LogP contribution is 2.39. The van der Waals surface area contributed by atoms with Gasteiger partial charge in [-0.15, -0.1) is 0 Å². The molecule has 0 saturated carbocycles. The second-order valence-corrected chi connectivity index (χ2v) is 9.00. The highest BCUT2D eigenvalue weighted by atomic mass is 16.5. The molecule has 0 radical (unpaired) electrons. The van der Waals surface area contributed by atoms with Gasteiger partial charge in [-0.2, -0.15) is 5.10 Å². The second kappa shape index (κ2) is 8.90. The van der Waals surface area contributed by atoms with Crippen LogP contribution in [0.3, 0.4) is 0 Å². The van der Waals surface area contributed by atoms with Crippen LogP contribution in [0.1, 0.15) is 42.6 Å². The van der Waals surface area contributed by atoms with Gasteiger partial charge in [0.15, 0.2) is 5.69 Å². The Balaban J connectivity index is 1.17. The van der Waals surface area contributed by atoms with Gasteiger partial charge in [-0.1, -0.05) is 18.2 Å². The van der Waals surface area contributed by atoms with Gasteiger partial charge in [0.05, 0.1) is 23.9 Å². The molecule has 1 spiro atoms. The first-order chi connectivity index (χ1) is 15.6. The summed E-state index contributed by atoms with van der Waals surface area (Å²) in [5, 5.41) is 5.43. The number of ether oxygens (including phenoxy) is 2. The lowest BCUT2D eigenvalue weighted by atomic mass is 9.78. The van der Waals surface area contributed by atoms with E-state index in [1.54, 1.807) is 17.1 Å². The molecule has 2 aliphatic rings. The van der Waals surface area contributed by atoms with Crippen molar-refractivity contribution >= 4 is 16.8 Å². The largest absolute Gasteiger partial charge is 0.492 e. The predicted octanol–water partition coefficient (Wildman–Crippen LogP) is 3.84. The fourth-order valence-corrected chi connectivity index (χ4v) is 5.14. The fraction of sp³-hybridized carbons (Fsp3) is 0.480. The number of pyridine rings is 1. The lowest BCUT2D eigenvalue weighted by molar-refractivity contribution is -0.125. The minimum Gasteiger partial charge on any atom is -0.492 e. The van der Waals surface area contributed by atoms with Gasteiger partial charge in [-0.25, -0.2) is 0 Å². The van der Waals surface area contributed by atoms with E-state index in [0.29, 0.717) is 31.3 Å². The zero-order valence-electron chi connectivity index (χ0n) is 18.6. The Morgan fingerprint density at radius 3 is 2.88 bits per heavy atom. The van der Waals surface area contributed by atoms with Gasteiger partial charge in [0.1, 0.15) is 5.75 Å². The molecule has 5 rings (SSSR count). The highest BCUT2D eigenvalue weighted by Gasteiger charge is 2.41. The van der Waals surface area contributed by atoms with Crippen molar-refractivity contribution in [2.45, 2.75) is 37.7 Å². The molecule has 7 nitrogen and oxygen atoms in total. The van der Waals surface area contributed by atoms with Crippen LogP contribution in [0.2, 0.25) is 0 Å². The first kappa shape index (κ1) is 20.9. The molecule has 0 N–H and O–H groups in total. The molecular formula is C25H30N4O3. The van der Waals surface area contributed by atoms with E-state index in [2.05, 4.69) is 10.1 Å². The van der Waals surface area contributed by atoms with E-state index in [0.717, 1.165) is 55.4 Å². The van der Waals surface area contributed by atoms with Crippen molar-refractivity contribution < 1.29 is 14.3 Å². The van der Waals surface area contributed by atoms with Gasteiger partial charge in [0.25, 0.3) is 5.91 Å². The highest BCUT2D eigenvalue weighted by molar-refractivity contribution is 6.04. The van der Waals surface area contributed by atoms with Crippen LogP contribution in [0.4, 0.5) is 0 Å². The zero-order valence-corrected chi connectivity index (χ0v) is 18.6. The van der Waals surface area contributed by atoms with Gasteiger partial charge in [0.2, 0.25) is 0 Å². The van der Waals surface area contributed by atoms with Crippen LogP contribution >= 0.6 is 0 Å². The number of rotatable bonds is 5. The van der Waals surface area contributed by atoms with Crippen molar-refractivity contribution in [2.75, 3.05) is 26.3 Å². The first-order valence-electron chi connectivity index (χ1n) is 11.5. The van der Waals surface area contributed by atoms with Crippen LogP contribution in [0.5, 0.6) is 5.75 Å². The molecule has 1 aromatic carbocycles. The SMILES string of the molecule is Cn1nc(C(=O)N2CCC3(CC2)CC(CCOc2cccnc2)CCO3)c2ccccc21. The van der Waals surface area contributed by atoms with Gasteiger partial charge >= 0.3 is 0 Å². The van der Waals surface area contributed by atoms with Gasteiger partial charge in [-0.3, -0.25) is 14.5 Å². The predicted molar refractivity (Wildman–Crippen MR) is 122 cm³/mol. The number of amides is 1. The Bertz CT molecular complexity index is 1070. The van der Waals surface area contributed by atoms with E-state index in [1.165, 1.54) is 0 Å². The van der Waals surface area contributed by atoms with Crippen molar-refractivity contribution in [3.8, 4) is 5.75 Å². The minimum absolute atomic E-state index is 0.0221. The van der Waals surface area contributed by atoms with E-state index in [1.807, 2.05) is 48.3 Å². The summed E-state index contributed by atoms with van der Waals surface area (Å²) in [6.45, 7) is 2.91. The Morgan fingerprint density at radius 1 is 1.22 bits per heavy atom. The number of fused-ring (bicyclic) bond motifs is 1. The molecule has 1 amide bonds. The van der Waals surface area contributed by atoms with Crippen molar-refractivity contribution in [1.82, 2.24) is 19.7 Å². The summed E-state index contributed by atoms with van der Waals surface area (Å²) < 4.78 is 13.9. The number of aryl methyl sites for hydroxylation is 1. The Morgan fingerprint density at radius 2 is 2.06 bits per heavy atom. The molecule has 2 fully saturated rings. The summed E-state index contributed by atoms with van der Waals surface area (Å²) in [5.41, 5.74) is 1.42. The van der Waals surface area contributed by atoms with Gasteiger partial charge < -0.3 is 14.4 Å². The lowest BCUT2D eigenvalue weighted by Gasteiger charge is -2.46. The molecule has 7 heteroatoms. The van der Waals surface area contributed by atoms with Crippen molar-refractivity contribution in [1.29, 1.82) is 0 Å². The maximum Gasteiger partial charge on any atom is 0.275 e. The minimum atomic E-state index is -0.111. The number of piperidine rings is 1. The molecule has 32 heavy (non-hydrogen) atoms. The average Bonchev–Trinajstić information content (AvgIpc) is 3.17. The summed E-state index contributed by atoms with van der Waals surface area (Å²) in [7, 11) is 1.89. The summed E-state index contributed by atoms with van der Waals surface area (Å²) in [6, 6.07) is 11.7. The molecule has 2 saturated heterocycles. The maximum absolute atomic E-state index is 13.2. The molecule has 1 atom stereocenters. The molecule has 168 valence electrons. The molecule has 2 aliphatic heterocycles. The quantitative estimate of drug-likeness (QED) is 0.610. The molecule has 0 bridgehead atoms. The lowest BCUT2D eigenvalue weighted by Crippen LogP contribution is -2.51. The third-order valence-corrected chi connectivity index (χ3v) is 6.95. The van der Waals surface area contributed by atoms with E-state index < -0.39 is 0 Å². The molecule has 3 aromatic rings. The smallest absolute Gasteiger partial charge is 0.275 e. The van der Waals surface area contributed by atoms with Crippen molar-refractivity contribution in [3.05, 3.63) is 54.5 Å². The fourth-order valence-electron chi connectivity index (χ4n) is 5.14. The number of hydrogen-bond acceptors (Lipinski definition) is 5. The number of likely N-dealkylation sites (tertiary alicyclic amines) is 1. The summed E-state index contributed by atoms with van der Waals surface area (Å²) in [4.78, 5) is 19.3. The van der Waals surface area contributed by atoms with Crippen molar-refractivity contribution in [2.24, 2.45) is 13.0 Å². The Hall–Kier alpha value is -2.93. The molecule has 2 aromatic heterocycles. The van der Waals surface area contributed by atoms with E-state index >= 15 is 0 Å². The third kappa shape index (κ3) is 4.21. The topological polar surface area (TPSA) is 69.5 Å². The van der Waals surface area contributed by atoms with E-state index in [9.17, 15) is 4.79 Å². The number of benzene rings is 1. The Kier molecular flexibility index (Phi) is 5.83. The molecular weight excluding hydrogens is 404 g/mol. The first-order valence-corrected chi connectivity index (χ1v) is 11.5. The Labute approximate surface area is 188 Å². The third-order valence-electron chi connectivity index (χ3n) is 6.95. The second-order valence-electron chi connectivity index (χ2n) is 9.00. The summed E-state index contributed by atoms with van der Waals surface area (Å²) in [5.74, 6) is 1.43. The average molecular weight is 435 g/mol. The normalized spacial score (nSPS) is 20.5. The molecule has 4 heterocycles. The number of carbonyl (C=O) groups is 1. The number of carbonyl (C=O) groups excluding carboxylic acids is 1. The number of para-hydroxylation sites is 1. The zero-order chi connectivity index (χ0) is 22.0. The molecule has 0 aliphatic carbocycles. The molecule has 1 unspecified atom stereocenters. The number of aromatic nitrogens is 3. The maximum atomic E-state index is 13.2. The van der Waals surface area contributed by atoms with E-state index in [4.69, 9.17) is 9.47 Å². The van der Waals surface area contributed by atoms with Crippen LogP contribution in [-0.4, -0.2) is 57.5 Å². The van der Waals surface area contributed by atoms with Gasteiger partial charge in [0, 0.05) is 38.3 Å². The van der Waals surface area contributed by atoms with Crippen LogP contribution in [0, 0.1) is 5.92 Å². The van der Waals surface area contributed by atoms with Crippen LogP contribution < -0.4 is 4.74 Å². The van der Waals surface area contributed by atoms with E-state index in [-0.39, 0.29) is 11.5 Å². The summed E-state index contributed by atoms with van der Waals surface area (Å²) >= 11 is 0. The number of nitrogens with zero attached hydrogens (tertiary/aromatic N) is 4. The standard InChI is InChI=1S/C25H30N4O3/c1-28-22-7-3-2-6-21(22)23(27-28)24(30)29-13-10-25(11-14-29)17-19(9-16-32-25)8-15-31-20-5-4-12-26-18-20/h2-7,12,18-19H,8-11,13-17H2,1H3. The summed E-state index contributed by atoms with van der Waals surface area (Å²) in [6.07, 6.45) is 8.39. The monoisotopic (exact) mass is 434 g/mol. The van der Waals surface area contributed by atoms with Crippen molar-refractivity contribution in [3.63, 3.8) is 0 Å².